The van der Waals surface area contributed by atoms with Crippen LogP contribution in [0.3, 0.4) is 0 Å². The van der Waals surface area contributed by atoms with Crippen molar-refractivity contribution in [3.63, 3.8) is 0 Å². The molecule has 2 bridgehead atoms. The molecule has 1 saturated carbocycles. The molecule has 2 aromatic rings. The van der Waals surface area contributed by atoms with Gasteiger partial charge in [0.25, 0.3) is 0 Å². The third-order valence-corrected chi connectivity index (χ3v) is 7.73. The van der Waals surface area contributed by atoms with E-state index in [-0.39, 0.29) is 23.7 Å². The first-order valence-corrected chi connectivity index (χ1v) is 11.2. The van der Waals surface area contributed by atoms with Crippen LogP contribution in [0.4, 0.5) is 0 Å². The number of ether oxygens (including phenoxy) is 1. The van der Waals surface area contributed by atoms with Crippen molar-refractivity contribution < 1.29 is 14.3 Å². The standard InChI is InChI=1S/C23H22ClNO3S/c1-12(26)20-4-5-21(29-20)15-8-16-9-17(28-22(16)19(24)10-15)11-25-23(27)18-7-13-2-3-14(18)6-13/h2-5,8,10,13-14,17-18H,6-7,9,11H2,1H3,(H,25,27)/t13-,14+,17?,18+/m0/s1. The van der Waals surface area contributed by atoms with Crippen molar-refractivity contribution in [3.8, 4) is 16.2 Å². The summed E-state index contributed by atoms with van der Waals surface area (Å²) in [7, 11) is 0. The molecule has 0 spiro atoms. The molecule has 1 N–H and O–H groups in total. The van der Waals surface area contributed by atoms with Crippen molar-refractivity contribution >= 4 is 34.6 Å². The molecule has 150 valence electrons. The summed E-state index contributed by atoms with van der Waals surface area (Å²) >= 11 is 7.96. The summed E-state index contributed by atoms with van der Waals surface area (Å²) < 4.78 is 6.04. The van der Waals surface area contributed by atoms with Crippen LogP contribution in [0, 0.1) is 17.8 Å². The van der Waals surface area contributed by atoms with Crippen LogP contribution in [0.2, 0.25) is 5.02 Å². The highest BCUT2D eigenvalue weighted by molar-refractivity contribution is 7.17. The molecule has 1 fully saturated rings. The highest BCUT2D eigenvalue weighted by Gasteiger charge is 2.40. The number of benzene rings is 1. The highest BCUT2D eigenvalue weighted by Crippen LogP contribution is 2.44. The first kappa shape index (κ1) is 18.9. The maximum atomic E-state index is 12.6. The molecule has 4 nitrogen and oxygen atoms in total. The predicted octanol–water partition coefficient (Wildman–Crippen LogP) is 4.90. The van der Waals surface area contributed by atoms with Gasteiger partial charge < -0.3 is 10.1 Å². The number of carbonyl (C=O) groups is 2. The van der Waals surface area contributed by atoms with E-state index in [1.54, 1.807) is 6.92 Å². The van der Waals surface area contributed by atoms with Crippen molar-refractivity contribution in [2.45, 2.75) is 32.3 Å². The lowest BCUT2D eigenvalue weighted by molar-refractivity contribution is -0.126. The van der Waals surface area contributed by atoms with Crippen molar-refractivity contribution in [3.05, 3.63) is 51.9 Å². The van der Waals surface area contributed by atoms with Gasteiger partial charge in [-0.2, -0.15) is 0 Å². The maximum absolute atomic E-state index is 12.6. The Morgan fingerprint density at radius 2 is 2.10 bits per heavy atom. The zero-order valence-electron chi connectivity index (χ0n) is 16.1. The molecule has 29 heavy (non-hydrogen) atoms. The Morgan fingerprint density at radius 3 is 2.79 bits per heavy atom. The van der Waals surface area contributed by atoms with Gasteiger partial charge in [-0.25, -0.2) is 0 Å². The molecule has 0 saturated heterocycles. The van der Waals surface area contributed by atoms with Gasteiger partial charge in [0.1, 0.15) is 11.9 Å². The normalized spacial score (nSPS) is 26.4. The van der Waals surface area contributed by atoms with Gasteiger partial charge >= 0.3 is 0 Å². The average molecular weight is 428 g/mol. The highest BCUT2D eigenvalue weighted by atomic mass is 35.5. The molecule has 1 aromatic heterocycles. The molecule has 0 radical (unpaired) electrons. The zero-order valence-corrected chi connectivity index (χ0v) is 17.7. The molecule has 3 aliphatic rings. The fourth-order valence-corrected chi connectivity index (χ4v) is 5.93. The number of carbonyl (C=O) groups excluding carboxylic acids is 2. The van der Waals surface area contributed by atoms with Gasteiger partial charge in [0, 0.05) is 22.8 Å². The number of amides is 1. The average Bonchev–Trinajstić information content (AvgIpc) is 3.48. The van der Waals surface area contributed by atoms with Gasteiger partial charge in [-0.1, -0.05) is 23.8 Å². The number of thiophene rings is 1. The molecular formula is C23H22ClNO3S. The molecule has 4 atom stereocenters. The summed E-state index contributed by atoms with van der Waals surface area (Å²) in [5, 5.41) is 3.66. The van der Waals surface area contributed by atoms with Gasteiger partial charge in [-0.3, -0.25) is 9.59 Å². The fraction of sp³-hybridized carbons (Fsp3) is 0.391. The lowest BCUT2D eigenvalue weighted by Gasteiger charge is -2.19. The lowest BCUT2D eigenvalue weighted by atomic mass is 9.93. The first-order valence-electron chi connectivity index (χ1n) is 10.0. The molecular weight excluding hydrogens is 406 g/mol. The quantitative estimate of drug-likeness (QED) is 0.545. The minimum Gasteiger partial charge on any atom is -0.486 e. The smallest absolute Gasteiger partial charge is 0.223 e. The Balaban J connectivity index is 1.25. The van der Waals surface area contributed by atoms with Crippen molar-refractivity contribution in [2.75, 3.05) is 6.54 Å². The van der Waals surface area contributed by atoms with Gasteiger partial charge in [-0.05, 0) is 61.4 Å². The number of fused-ring (bicyclic) bond motifs is 3. The van der Waals surface area contributed by atoms with Crippen LogP contribution in [-0.2, 0) is 11.2 Å². The second kappa shape index (κ2) is 7.29. The maximum Gasteiger partial charge on any atom is 0.223 e. The van der Waals surface area contributed by atoms with Crippen molar-refractivity contribution in [1.29, 1.82) is 0 Å². The second-order valence-corrected chi connectivity index (χ2v) is 9.73. The van der Waals surface area contributed by atoms with Crippen LogP contribution in [0.1, 0.15) is 35.0 Å². The van der Waals surface area contributed by atoms with E-state index in [2.05, 4.69) is 23.5 Å². The van der Waals surface area contributed by atoms with Crippen LogP contribution in [0.5, 0.6) is 5.75 Å². The minimum absolute atomic E-state index is 0.0682. The Hall–Kier alpha value is -2.11. The third-order valence-electron chi connectivity index (χ3n) is 6.21. The van der Waals surface area contributed by atoms with E-state index in [4.69, 9.17) is 16.3 Å². The van der Waals surface area contributed by atoms with E-state index < -0.39 is 0 Å². The number of nitrogens with one attached hydrogen (secondary N) is 1. The van der Waals surface area contributed by atoms with Gasteiger partial charge in [0.15, 0.2) is 5.78 Å². The minimum atomic E-state index is -0.105. The Bertz CT molecular complexity index is 1030. The number of hydrogen-bond donors (Lipinski definition) is 1. The van der Waals surface area contributed by atoms with E-state index in [0.717, 1.165) is 33.7 Å². The number of ketones is 1. The number of hydrogen-bond acceptors (Lipinski definition) is 4. The summed E-state index contributed by atoms with van der Waals surface area (Å²) in [5.41, 5.74) is 2.04. The van der Waals surface area contributed by atoms with E-state index in [1.807, 2.05) is 18.2 Å². The van der Waals surface area contributed by atoms with Crippen LogP contribution in [0.25, 0.3) is 10.4 Å². The molecule has 1 aliphatic heterocycles. The van der Waals surface area contributed by atoms with Gasteiger partial charge in [0.05, 0.1) is 16.4 Å². The lowest BCUT2D eigenvalue weighted by Crippen LogP contribution is -2.39. The van der Waals surface area contributed by atoms with E-state index in [9.17, 15) is 9.59 Å². The van der Waals surface area contributed by atoms with Gasteiger partial charge in [-0.15, -0.1) is 11.3 Å². The topological polar surface area (TPSA) is 55.4 Å². The summed E-state index contributed by atoms with van der Waals surface area (Å²) in [4.78, 5) is 25.9. The predicted molar refractivity (Wildman–Crippen MR) is 115 cm³/mol. The largest absolute Gasteiger partial charge is 0.486 e. The number of rotatable bonds is 5. The number of Topliss-reactive ketones (excluding diaryl/α,β-unsaturated/α-hetero) is 1. The van der Waals surface area contributed by atoms with Crippen LogP contribution in [-0.4, -0.2) is 24.3 Å². The van der Waals surface area contributed by atoms with E-state index in [0.29, 0.717) is 35.6 Å². The Labute approximate surface area is 178 Å². The Morgan fingerprint density at radius 1 is 1.24 bits per heavy atom. The summed E-state index contributed by atoms with van der Waals surface area (Å²) in [6, 6.07) is 7.78. The molecule has 5 rings (SSSR count). The summed E-state index contributed by atoms with van der Waals surface area (Å²) in [6.07, 6.45) is 7.14. The molecule has 1 unspecified atom stereocenters. The Kier molecular flexibility index (Phi) is 4.75. The summed E-state index contributed by atoms with van der Waals surface area (Å²) in [5.74, 6) is 2.02. The third kappa shape index (κ3) is 3.51. The van der Waals surface area contributed by atoms with E-state index in [1.165, 1.54) is 11.3 Å². The SMILES string of the molecule is CC(=O)c1ccc(-c2cc(Cl)c3c(c2)CC(CNC(=O)[C@@H]2C[C@H]4C=C[C@@H]2C4)O3)s1. The zero-order chi connectivity index (χ0) is 20.1. The molecule has 1 amide bonds. The van der Waals surface area contributed by atoms with Crippen molar-refractivity contribution in [1.82, 2.24) is 5.32 Å². The number of halogens is 1. The summed E-state index contributed by atoms with van der Waals surface area (Å²) in [6.45, 7) is 2.06. The monoisotopic (exact) mass is 427 g/mol. The molecule has 1 aromatic carbocycles. The van der Waals surface area contributed by atoms with E-state index >= 15 is 0 Å². The molecule has 2 heterocycles. The molecule has 6 heteroatoms. The van der Waals surface area contributed by atoms with Gasteiger partial charge in [0.2, 0.25) is 5.91 Å². The molecule has 2 aliphatic carbocycles. The first-order chi connectivity index (χ1) is 14.0. The second-order valence-electron chi connectivity index (χ2n) is 8.24. The fourth-order valence-electron chi connectivity index (χ4n) is 4.75. The van der Waals surface area contributed by atoms with Crippen LogP contribution in [0.15, 0.2) is 36.4 Å². The van der Waals surface area contributed by atoms with Crippen molar-refractivity contribution in [2.24, 2.45) is 17.8 Å². The van der Waals surface area contributed by atoms with Crippen LogP contribution < -0.4 is 10.1 Å². The van der Waals surface area contributed by atoms with Crippen LogP contribution >= 0.6 is 22.9 Å². The number of allylic oxidation sites excluding steroid dienone is 2.